The van der Waals surface area contributed by atoms with Crippen molar-refractivity contribution in [3.05, 3.63) is 94.0 Å². The van der Waals surface area contributed by atoms with Gasteiger partial charge in [-0.1, -0.05) is 30.0 Å². The zero-order valence-corrected chi connectivity index (χ0v) is 13.0. The lowest BCUT2D eigenvalue weighted by Gasteiger charge is -2.05. The van der Waals surface area contributed by atoms with Crippen molar-refractivity contribution in [3.8, 4) is 17.6 Å². The van der Waals surface area contributed by atoms with E-state index in [4.69, 9.17) is 4.42 Å². The van der Waals surface area contributed by atoms with Crippen LogP contribution in [0, 0.1) is 11.8 Å². The van der Waals surface area contributed by atoms with Gasteiger partial charge in [0.2, 0.25) is 16.9 Å². The predicted octanol–water partition coefficient (Wildman–Crippen LogP) is 3.00. The fraction of sp³-hybridized carbons (Fsp3) is 0. The maximum Gasteiger partial charge on any atom is 0.295 e. The van der Waals surface area contributed by atoms with Crippen LogP contribution in [0.1, 0.15) is 21.7 Å². The summed E-state index contributed by atoms with van der Waals surface area (Å²) in [6, 6.07) is 17.5. The van der Waals surface area contributed by atoms with Crippen LogP contribution < -0.4 is 10.7 Å². The van der Waals surface area contributed by atoms with Gasteiger partial charge in [-0.05, 0) is 36.4 Å². The molecule has 0 saturated carbocycles. The van der Waals surface area contributed by atoms with Crippen molar-refractivity contribution in [1.82, 2.24) is 0 Å². The molecule has 5 nitrogen and oxygen atoms in total. The number of carbonyl (C=O) groups excluding carboxylic acids is 1. The number of anilines is 1. The van der Waals surface area contributed by atoms with Crippen LogP contribution in [0.15, 0.2) is 76.1 Å². The molecule has 0 aliphatic carbocycles. The van der Waals surface area contributed by atoms with Crippen molar-refractivity contribution in [2.75, 3.05) is 5.32 Å². The fourth-order valence-electron chi connectivity index (χ4n) is 2.06. The maximum atomic E-state index is 12.1. The highest BCUT2D eigenvalue weighted by atomic mass is 16.4. The SMILES string of the molecule is O=C(Nc1ccc(C#Cc2ccccc2)cc1)c1occc(=O)c1O. The van der Waals surface area contributed by atoms with Crippen LogP contribution in [-0.2, 0) is 0 Å². The molecule has 0 aliphatic rings. The molecule has 2 aromatic carbocycles. The lowest BCUT2D eigenvalue weighted by molar-refractivity contribution is 0.0989. The summed E-state index contributed by atoms with van der Waals surface area (Å²) < 4.78 is 4.90. The lowest BCUT2D eigenvalue weighted by atomic mass is 10.1. The zero-order valence-electron chi connectivity index (χ0n) is 13.0. The number of aromatic hydroxyl groups is 1. The van der Waals surface area contributed by atoms with Gasteiger partial charge in [0.15, 0.2) is 0 Å². The van der Waals surface area contributed by atoms with Gasteiger partial charge in [0.05, 0.1) is 6.26 Å². The van der Waals surface area contributed by atoms with E-state index in [1.807, 2.05) is 30.3 Å². The van der Waals surface area contributed by atoms with E-state index in [0.29, 0.717) is 5.69 Å². The van der Waals surface area contributed by atoms with Gasteiger partial charge in [-0.3, -0.25) is 9.59 Å². The Morgan fingerprint density at radius 2 is 1.56 bits per heavy atom. The summed E-state index contributed by atoms with van der Waals surface area (Å²) in [5, 5.41) is 12.1. The van der Waals surface area contributed by atoms with Crippen LogP contribution in [0.2, 0.25) is 0 Å². The first-order valence-electron chi connectivity index (χ1n) is 7.43. The first-order valence-corrected chi connectivity index (χ1v) is 7.43. The second-order valence-electron chi connectivity index (χ2n) is 5.11. The average molecular weight is 331 g/mol. The molecule has 0 saturated heterocycles. The summed E-state index contributed by atoms with van der Waals surface area (Å²) in [5.74, 6) is 4.21. The normalized spacial score (nSPS) is 9.76. The number of rotatable bonds is 2. The van der Waals surface area contributed by atoms with Crippen LogP contribution in [0.5, 0.6) is 5.75 Å². The third kappa shape index (κ3) is 3.95. The summed E-state index contributed by atoms with van der Waals surface area (Å²) in [6.45, 7) is 0. The number of benzene rings is 2. The molecule has 0 radical (unpaired) electrons. The number of amides is 1. The maximum absolute atomic E-state index is 12.1. The third-order valence-corrected chi connectivity index (χ3v) is 3.33. The zero-order chi connectivity index (χ0) is 17.6. The Morgan fingerprint density at radius 3 is 2.24 bits per heavy atom. The highest BCUT2D eigenvalue weighted by molar-refractivity contribution is 6.03. The van der Waals surface area contributed by atoms with Crippen molar-refractivity contribution in [3.63, 3.8) is 0 Å². The number of hydrogen-bond donors (Lipinski definition) is 2. The molecule has 122 valence electrons. The van der Waals surface area contributed by atoms with Gasteiger partial charge in [-0.2, -0.15) is 0 Å². The molecule has 0 spiro atoms. The van der Waals surface area contributed by atoms with Crippen LogP contribution in [-0.4, -0.2) is 11.0 Å². The van der Waals surface area contributed by atoms with Crippen LogP contribution >= 0.6 is 0 Å². The van der Waals surface area contributed by atoms with Gasteiger partial charge in [0.25, 0.3) is 5.91 Å². The molecule has 0 atom stereocenters. The molecule has 25 heavy (non-hydrogen) atoms. The first kappa shape index (κ1) is 16.1. The molecular formula is C20H13NO4. The summed E-state index contributed by atoms with van der Waals surface area (Å²) in [6.07, 6.45) is 1.05. The minimum absolute atomic E-state index is 0.430. The molecule has 0 bridgehead atoms. The average Bonchev–Trinajstić information content (AvgIpc) is 2.64. The molecule has 1 amide bonds. The Bertz CT molecular complexity index is 1010. The van der Waals surface area contributed by atoms with Crippen molar-refractivity contribution in [2.45, 2.75) is 0 Å². The van der Waals surface area contributed by atoms with E-state index in [0.717, 1.165) is 23.5 Å². The van der Waals surface area contributed by atoms with Gasteiger partial charge in [0, 0.05) is 22.9 Å². The second-order valence-corrected chi connectivity index (χ2v) is 5.11. The molecular weight excluding hydrogens is 318 g/mol. The molecule has 3 aromatic rings. The van der Waals surface area contributed by atoms with Crippen molar-refractivity contribution >= 4 is 11.6 Å². The Labute approximate surface area is 143 Å². The largest absolute Gasteiger partial charge is 0.501 e. The Morgan fingerprint density at radius 1 is 0.920 bits per heavy atom. The van der Waals surface area contributed by atoms with Gasteiger partial charge in [-0.25, -0.2) is 0 Å². The summed E-state index contributed by atoms with van der Waals surface area (Å²) in [4.78, 5) is 23.4. The molecule has 3 rings (SSSR count). The van der Waals surface area contributed by atoms with Crippen molar-refractivity contribution in [1.29, 1.82) is 0 Å². The standard InChI is InChI=1S/C20H13NO4/c22-17-12-13-25-19(18(17)23)20(24)21-16-10-8-15(9-11-16)7-6-14-4-2-1-3-5-14/h1-5,8-13,23H,(H,21,24). The summed E-state index contributed by atoms with van der Waals surface area (Å²) >= 11 is 0. The minimum Gasteiger partial charge on any atom is -0.501 e. The van der Waals surface area contributed by atoms with Gasteiger partial charge < -0.3 is 14.8 Å². The summed E-state index contributed by atoms with van der Waals surface area (Å²) in [7, 11) is 0. The first-order chi connectivity index (χ1) is 12.1. The number of carbonyl (C=O) groups is 1. The molecule has 1 aromatic heterocycles. The molecule has 1 heterocycles. The summed E-state index contributed by atoms with van der Waals surface area (Å²) in [5.41, 5.74) is 1.51. The van der Waals surface area contributed by atoms with Crippen LogP contribution in [0.4, 0.5) is 5.69 Å². The quantitative estimate of drug-likeness (QED) is 0.708. The lowest BCUT2D eigenvalue weighted by Crippen LogP contribution is -2.14. The second kappa shape index (κ2) is 7.20. The highest BCUT2D eigenvalue weighted by Crippen LogP contribution is 2.15. The molecule has 2 N–H and O–H groups in total. The van der Waals surface area contributed by atoms with Gasteiger partial charge in [0.1, 0.15) is 0 Å². The molecule has 5 heteroatoms. The fourth-order valence-corrected chi connectivity index (χ4v) is 2.06. The Balaban J connectivity index is 1.73. The van der Waals surface area contributed by atoms with E-state index in [-0.39, 0.29) is 0 Å². The van der Waals surface area contributed by atoms with Gasteiger partial charge >= 0.3 is 0 Å². The van der Waals surface area contributed by atoms with Gasteiger partial charge in [-0.15, -0.1) is 0 Å². The molecule has 0 aliphatic heterocycles. The smallest absolute Gasteiger partial charge is 0.295 e. The molecule has 0 unspecified atom stereocenters. The van der Waals surface area contributed by atoms with E-state index >= 15 is 0 Å². The Kier molecular flexibility index (Phi) is 4.63. The van der Waals surface area contributed by atoms with Crippen LogP contribution in [0.25, 0.3) is 0 Å². The third-order valence-electron chi connectivity index (χ3n) is 3.33. The molecule has 0 fully saturated rings. The monoisotopic (exact) mass is 331 g/mol. The van der Waals surface area contributed by atoms with Crippen LogP contribution in [0.3, 0.4) is 0 Å². The van der Waals surface area contributed by atoms with Crippen molar-refractivity contribution < 1.29 is 14.3 Å². The Hall–Kier alpha value is -3.78. The topological polar surface area (TPSA) is 79.5 Å². The van der Waals surface area contributed by atoms with E-state index in [2.05, 4.69) is 17.2 Å². The van der Waals surface area contributed by atoms with E-state index < -0.39 is 22.8 Å². The van der Waals surface area contributed by atoms with Crippen molar-refractivity contribution in [2.24, 2.45) is 0 Å². The number of hydrogen-bond acceptors (Lipinski definition) is 4. The highest BCUT2D eigenvalue weighted by Gasteiger charge is 2.16. The number of nitrogens with one attached hydrogen (secondary N) is 1. The van der Waals surface area contributed by atoms with E-state index in [1.165, 1.54) is 0 Å². The predicted molar refractivity (Wildman–Crippen MR) is 93.5 cm³/mol. The van der Waals surface area contributed by atoms with E-state index in [1.54, 1.807) is 24.3 Å². The minimum atomic E-state index is -0.717. The van der Waals surface area contributed by atoms with E-state index in [9.17, 15) is 14.7 Å².